The van der Waals surface area contributed by atoms with E-state index in [-0.39, 0.29) is 17.4 Å². The summed E-state index contributed by atoms with van der Waals surface area (Å²) in [5.41, 5.74) is 8.75. The maximum atomic E-state index is 13.5. The summed E-state index contributed by atoms with van der Waals surface area (Å²) < 4.78 is 32.2. The van der Waals surface area contributed by atoms with Crippen LogP contribution in [0.1, 0.15) is 44.9 Å². The molecule has 1 aliphatic heterocycles. The van der Waals surface area contributed by atoms with Gasteiger partial charge in [0.2, 0.25) is 5.91 Å². The maximum absolute atomic E-state index is 13.5. The number of methoxy groups -OCH3 is 1. The molecule has 3 aliphatic rings. The van der Waals surface area contributed by atoms with Crippen LogP contribution in [-0.2, 0) is 14.6 Å². The van der Waals surface area contributed by atoms with E-state index in [9.17, 15) is 13.2 Å². The Hall–Kier alpha value is -2.97. The van der Waals surface area contributed by atoms with Crippen LogP contribution in [0.4, 0.5) is 0 Å². The molecular weight excluding hydrogens is 474 g/mol. The number of hydrogen-bond donors (Lipinski definition) is 2. The van der Waals surface area contributed by atoms with Crippen molar-refractivity contribution in [3.05, 3.63) is 54.7 Å². The molecule has 2 N–H and O–H groups in total. The number of nitrogens with zero attached hydrogens (tertiary/aromatic N) is 1. The van der Waals surface area contributed by atoms with Gasteiger partial charge < -0.3 is 4.74 Å². The highest BCUT2D eigenvalue weighted by atomic mass is 32.2. The number of carbonyl (C=O) groups is 1. The second kappa shape index (κ2) is 8.85. The fraction of sp³-hybridized carbons (Fsp3) is 0.429. The van der Waals surface area contributed by atoms with Crippen molar-refractivity contribution in [1.82, 2.24) is 15.8 Å². The van der Waals surface area contributed by atoms with Crippen LogP contribution in [0.3, 0.4) is 0 Å². The molecule has 1 unspecified atom stereocenters. The van der Waals surface area contributed by atoms with Gasteiger partial charge in [0.05, 0.1) is 29.0 Å². The maximum Gasteiger partial charge on any atom is 0.237 e. The molecule has 1 saturated heterocycles. The zero-order chi connectivity index (χ0) is 24.9. The van der Waals surface area contributed by atoms with E-state index in [0.717, 1.165) is 54.1 Å². The van der Waals surface area contributed by atoms with E-state index in [2.05, 4.69) is 15.8 Å². The number of rotatable bonds is 5. The largest absolute Gasteiger partial charge is 0.495 e. The predicted octanol–water partition coefficient (Wildman–Crippen LogP) is 4.42. The van der Waals surface area contributed by atoms with E-state index in [4.69, 9.17) is 4.74 Å². The monoisotopic (exact) mass is 505 g/mol. The van der Waals surface area contributed by atoms with Crippen LogP contribution in [0.5, 0.6) is 5.75 Å². The number of hydrazine groups is 1. The van der Waals surface area contributed by atoms with Crippen LogP contribution in [0.2, 0.25) is 0 Å². The SMILES string of the molecule is COc1cnc2cc(-c3ccc(S(=O)(=O)C4CCC5(CC4)CC(C4CC4)C(=O)NN5)cc3)ccc2c1. The third-order valence-electron chi connectivity index (χ3n) is 8.33. The Bertz CT molecular complexity index is 1410. The molecule has 36 heavy (non-hydrogen) atoms. The number of nitrogens with one attached hydrogen (secondary N) is 2. The molecule has 3 fully saturated rings. The molecule has 3 aromatic rings. The van der Waals surface area contributed by atoms with E-state index in [1.807, 2.05) is 36.4 Å². The lowest BCUT2D eigenvalue weighted by molar-refractivity contribution is -0.132. The van der Waals surface area contributed by atoms with Gasteiger partial charge in [-0.2, -0.15) is 0 Å². The molecular formula is C28H31N3O4S. The van der Waals surface area contributed by atoms with Crippen molar-refractivity contribution in [3.8, 4) is 16.9 Å². The minimum absolute atomic E-state index is 0.0688. The lowest BCUT2D eigenvalue weighted by Crippen LogP contribution is -2.63. The minimum atomic E-state index is -3.43. The Morgan fingerprint density at radius 1 is 0.972 bits per heavy atom. The number of benzene rings is 2. The molecule has 188 valence electrons. The quantitative estimate of drug-likeness (QED) is 0.533. The number of carbonyl (C=O) groups excluding carboxylic acids is 1. The van der Waals surface area contributed by atoms with Crippen molar-refractivity contribution >= 4 is 26.6 Å². The highest BCUT2D eigenvalue weighted by molar-refractivity contribution is 7.92. The fourth-order valence-corrected chi connectivity index (χ4v) is 7.69. The van der Waals surface area contributed by atoms with Crippen molar-refractivity contribution in [3.63, 3.8) is 0 Å². The highest BCUT2D eigenvalue weighted by Crippen LogP contribution is 2.46. The second-order valence-electron chi connectivity index (χ2n) is 10.6. The summed E-state index contributed by atoms with van der Waals surface area (Å²) in [6, 6.07) is 15.2. The molecule has 6 rings (SSSR count). The number of pyridine rings is 1. The summed E-state index contributed by atoms with van der Waals surface area (Å²) >= 11 is 0. The first-order chi connectivity index (χ1) is 17.4. The highest BCUT2D eigenvalue weighted by Gasteiger charge is 2.48. The number of ether oxygens (including phenoxy) is 1. The minimum Gasteiger partial charge on any atom is -0.495 e. The predicted molar refractivity (Wildman–Crippen MR) is 138 cm³/mol. The smallest absolute Gasteiger partial charge is 0.237 e. The van der Waals surface area contributed by atoms with Gasteiger partial charge in [-0.3, -0.25) is 15.2 Å². The van der Waals surface area contributed by atoms with Crippen LogP contribution in [0, 0.1) is 11.8 Å². The first kappa shape index (κ1) is 23.4. The lowest BCUT2D eigenvalue weighted by Gasteiger charge is -2.45. The van der Waals surface area contributed by atoms with Crippen molar-refractivity contribution in [2.24, 2.45) is 11.8 Å². The molecule has 1 atom stereocenters. The fourth-order valence-electron chi connectivity index (χ4n) is 5.94. The van der Waals surface area contributed by atoms with Gasteiger partial charge in [0.15, 0.2) is 9.84 Å². The van der Waals surface area contributed by atoms with Crippen LogP contribution >= 0.6 is 0 Å². The molecule has 8 heteroatoms. The van der Waals surface area contributed by atoms with E-state index >= 15 is 0 Å². The zero-order valence-electron chi connectivity index (χ0n) is 20.4. The molecule has 7 nitrogen and oxygen atoms in total. The van der Waals surface area contributed by atoms with E-state index < -0.39 is 15.1 Å². The first-order valence-electron chi connectivity index (χ1n) is 12.7. The Morgan fingerprint density at radius 3 is 2.39 bits per heavy atom. The van der Waals surface area contributed by atoms with Gasteiger partial charge in [-0.15, -0.1) is 0 Å². The lowest BCUT2D eigenvalue weighted by atomic mass is 9.73. The van der Waals surface area contributed by atoms with Gasteiger partial charge in [-0.05, 0) is 86.3 Å². The number of aromatic nitrogens is 1. The van der Waals surface area contributed by atoms with Crippen molar-refractivity contribution in [2.45, 2.75) is 60.6 Å². The van der Waals surface area contributed by atoms with Crippen molar-refractivity contribution in [2.75, 3.05) is 7.11 Å². The van der Waals surface area contributed by atoms with Gasteiger partial charge in [0, 0.05) is 16.8 Å². The molecule has 1 aromatic heterocycles. The number of hydrogen-bond acceptors (Lipinski definition) is 6. The normalized spacial score (nSPS) is 26.6. The zero-order valence-corrected chi connectivity index (χ0v) is 21.2. The molecule has 1 spiro atoms. The summed E-state index contributed by atoms with van der Waals surface area (Å²) in [7, 11) is -1.81. The van der Waals surface area contributed by atoms with Gasteiger partial charge in [0.1, 0.15) is 5.75 Å². The van der Waals surface area contributed by atoms with E-state index in [0.29, 0.717) is 29.4 Å². The summed E-state index contributed by atoms with van der Waals surface area (Å²) in [5.74, 6) is 1.38. The topological polar surface area (TPSA) is 97.4 Å². The molecule has 1 amide bonds. The van der Waals surface area contributed by atoms with Gasteiger partial charge >= 0.3 is 0 Å². The standard InChI is InChI=1S/C28H31N3O4S/c1-35-22-14-21-5-4-20(15-26(21)29-17-22)18-6-8-23(9-7-18)36(33,34)24-10-12-28(13-11-24)16-25(19-2-3-19)27(32)30-31-28/h4-9,14-15,17,19,24-25,31H,2-3,10-13,16H2,1H3,(H,30,32). The Kier molecular flexibility index (Phi) is 5.76. The second-order valence-corrected chi connectivity index (χ2v) is 12.8. The van der Waals surface area contributed by atoms with E-state index in [1.54, 1.807) is 25.4 Å². The molecule has 2 heterocycles. The Morgan fingerprint density at radius 2 is 1.69 bits per heavy atom. The molecule has 2 saturated carbocycles. The number of fused-ring (bicyclic) bond motifs is 1. The molecule has 0 bridgehead atoms. The summed E-state index contributed by atoms with van der Waals surface area (Å²) in [6.45, 7) is 0. The van der Waals surface area contributed by atoms with Crippen LogP contribution in [0.25, 0.3) is 22.0 Å². The molecule has 0 radical (unpaired) electrons. The van der Waals surface area contributed by atoms with Gasteiger partial charge in [-0.25, -0.2) is 13.8 Å². The number of sulfone groups is 1. The molecule has 2 aliphatic carbocycles. The number of amides is 1. The Labute approximate surface area is 211 Å². The van der Waals surface area contributed by atoms with Crippen molar-refractivity contribution < 1.29 is 17.9 Å². The first-order valence-corrected chi connectivity index (χ1v) is 14.3. The van der Waals surface area contributed by atoms with Gasteiger partial charge in [-0.1, -0.05) is 24.3 Å². The van der Waals surface area contributed by atoms with Crippen LogP contribution in [-0.4, -0.2) is 37.2 Å². The van der Waals surface area contributed by atoms with Crippen LogP contribution in [0.15, 0.2) is 59.6 Å². The third-order valence-corrected chi connectivity index (χ3v) is 10.6. The van der Waals surface area contributed by atoms with Crippen molar-refractivity contribution in [1.29, 1.82) is 0 Å². The Balaban J connectivity index is 1.16. The summed E-state index contributed by atoms with van der Waals surface area (Å²) in [4.78, 5) is 17.1. The van der Waals surface area contributed by atoms with Crippen LogP contribution < -0.4 is 15.6 Å². The summed E-state index contributed by atoms with van der Waals surface area (Å²) in [6.07, 6.45) is 7.49. The van der Waals surface area contributed by atoms with E-state index in [1.165, 1.54) is 0 Å². The third kappa shape index (κ3) is 4.26. The average molecular weight is 506 g/mol. The van der Waals surface area contributed by atoms with Gasteiger partial charge in [0.25, 0.3) is 0 Å². The molecule has 2 aromatic carbocycles. The summed E-state index contributed by atoms with van der Waals surface area (Å²) in [5, 5.41) is 0.593. The average Bonchev–Trinajstić information content (AvgIpc) is 3.75.